The summed E-state index contributed by atoms with van der Waals surface area (Å²) in [5.74, 6) is -1.49. The van der Waals surface area contributed by atoms with Crippen molar-refractivity contribution < 1.29 is 32.3 Å². The van der Waals surface area contributed by atoms with Crippen molar-refractivity contribution in [3.63, 3.8) is 0 Å². The van der Waals surface area contributed by atoms with Crippen LogP contribution in [0.15, 0.2) is 28.9 Å². The van der Waals surface area contributed by atoms with Gasteiger partial charge in [-0.05, 0) is 32.0 Å². The summed E-state index contributed by atoms with van der Waals surface area (Å²) in [5.41, 5.74) is 1.70. The van der Waals surface area contributed by atoms with E-state index in [1.54, 1.807) is 32.0 Å². The van der Waals surface area contributed by atoms with Crippen LogP contribution in [0.4, 0.5) is 13.2 Å². The third kappa shape index (κ3) is 5.43. The van der Waals surface area contributed by atoms with Crippen molar-refractivity contribution >= 4 is 5.97 Å². The second kappa shape index (κ2) is 9.23. The van der Waals surface area contributed by atoms with Crippen molar-refractivity contribution in [2.24, 2.45) is 0 Å². The zero-order chi connectivity index (χ0) is 24.3. The molecular weight excluding hydrogens is 443 g/mol. The smallest absolute Gasteiger partial charge is 0.425 e. The van der Waals surface area contributed by atoms with Crippen LogP contribution in [0.25, 0.3) is 22.8 Å². The molecule has 0 saturated carbocycles. The van der Waals surface area contributed by atoms with Crippen LogP contribution < -0.4 is 4.74 Å². The van der Waals surface area contributed by atoms with Crippen LogP contribution >= 0.6 is 0 Å². The fourth-order valence-corrected chi connectivity index (χ4v) is 2.89. The van der Waals surface area contributed by atoms with E-state index in [0.717, 1.165) is 6.92 Å². The van der Waals surface area contributed by atoms with E-state index in [0.29, 0.717) is 17.0 Å². The predicted molar refractivity (Wildman–Crippen MR) is 107 cm³/mol. The summed E-state index contributed by atoms with van der Waals surface area (Å²) in [4.78, 5) is 23.4. The predicted octanol–water partition coefficient (Wildman–Crippen LogP) is 4.28. The number of ether oxygens (including phenoxy) is 1. The summed E-state index contributed by atoms with van der Waals surface area (Å²) in [7, 11) is 0. The zero-order valence-electron chi connectivity index (χ0n) is 17.7. The molecule has 3 aromatic heterocycles. The minimum Gasteiger partial charge on any atom is -0.481 e. The van der Waals surface area contributed by atoms with Gasteiger partial charge >= 0.3 is 12.1 Å². The average molecular weight is 461 g/mol. The Morgan fingerprint density at radius 2 is 2.03 bits per heavy atom. The lowest BCUT2D eigenvalue weighted by Gasteiger charge is -2.17. The summed E-state index contributed by atoms with van der Waals surface area (Å²) in [6.45, 7) is 4.28. The van der Waals surface area contributed by atoms with Crippen LogP contribution in [0.3, 0.4) is 0 Å². The molecule has 2 atom stereocenters. The summed E-state index contributed by atoms with van der Waals surface area (Å²) >= 11 is 0. The molecule has 3 rings (SSSR count). The van der Waals surface area contributed by atoms with Crippen molar-refractivity contribution in [3.8, 4) is 34.8 Å². The van der Waals surface area contributed by atoms with E-state index in [-0.39, 0.29) is 35.2 Å². The van der Waals surface area contributed by atoms with Gasteiger partial charge in [-0.25, -0.2) is 4.98 Å². The van der Waals surface area contributed by atoms with Gasteiger partial charge < -0.3 is 14.4 Å². The Kier molecular flexibility index (Phi) is 6.62. The maximum Gasteiger partial charge on any atom is 0.425 e. The van der Waals surface area contributed by atoms with Gasteiger partial charge in [0.05, 0.1) is 12.0 Å². The molecule has 0 aliphatic rings. The van der Waals surface area contributed by atoms with Crippen molar-refractivity contribution in [3.05, 3.63) is 41.3 Å². The topological polar surface area (TPSA) is 135 Å². The third-order valence-corrected chi connectivity index (χ3v) is 4.73. The molecule has 0 aromatic carbocycles. The molecule has 0 aliphatic heterocycles. The highest BCUT2D eigenvalue weighted by Crippen LogP contribution is 2.30. The second-order valence-electron chi connectivity index (χ2n) is 7.28. The minimum absolute atomic E-state index is 0.00728. The van der Waals surface area contributed by atoms with Gasteiger partial charge in [-0.15, -0.1) is 0 Å². The van der Waals surface area contributed by atoms with Gasteiger partial charge in [0, 0.05) is 29.1 Å². The Bertz CT molecular complexity index is 1220. The van der Waals surface area contributed by atoms with Crippen LogP contribution in [0, 0.1) is 18.3 Å². The highest BCUT2D eigenvalue weighted by molar-refractivity contribution is 5.68. The molecule has 0 spiro atoms. The van der Waals surface area contributed by atoms with Crippen molar-refractivity contribution in [1.29, 1.82) is 5.26 Å². The molecule has 0 bridgehead atoms. The van der Waals surface area contributed by atoms with E-state index in [4.69, 9.17) is 14.4 Å². The van der Waals surface area contributed by atoms with Gasteiger partial charge in [0.15, 0.2) is 6.10 Å². The highest BCUT2D eigenvalue weighted by Gasteiger charge is 2.38. The molecule has 2 unspecified atom stereocenters. The molecule has 12 heteroatoms. The number of pyridine rings is 2. The fraction of sp³-hybridized carbons (Fsp3) is 0.333. The van der Waals surface area contributed by atoms with Crippen LogP contribution in [-0.2, 0) is 4.79 Å². The molecule has 1 N–H and O–H groups in total. The normalized spacial score (nSPS) is 13.2. The lowest BCUT2D eigenvalue weighted by molar-refractivity contribution is -0.190. The number of halogens is 3. The summed E-state index contributed by atoms with van der Waals surface area (Å²) in [6.07, 6.45) is -5.65. The van der Waals surface area contributed by atoms with Gasteiger partial charge in [-0.3, -0.25) is 9.78 Å². The number of aliphatic carboxylic acids is 1. The monoisotopic (exact) mass is 461 g/mol. The lowest BCUT2D eigenvalue weighted by Crippen LogP contribution is -2.31. The van der Waals surface area contributed by atoms with Crippen LogP contribution in [0.1, 0.15) is 43.1 Å². The Labute approximate surface area is 185 Å². The molecule has 33 heavy (non-hydrogen) atoms. The molecular formula is C21H18F3N5O4. The first-order chi connectivity index (χ1) is 15.5. The quantitative estimate of drug-likeness (QED) is 0.547. The number of aromatic nitrogens is 4. The van der Waals surface area contributed by atoms with E-state index in [9.17, 15) is 23.2 Å². The van der Waals surface area contributed by atoms with Crippen LogP contribution in [-0.4, -0.2) is 43.5 Å². The number of carboxylic acid groups (broad SMARTS) is 1. The van der Waals surface area contributed by atoms with Gasteiger partial charge in [0.2, 0.25) is 11.7 Å². The standard InChI is InChI=1S/C21H18F3N5O4/c1-10(6-17(30)31)16-5-4-15(11(2)27-16)18-28-20(33-29-18)14-7-13(8-25)19(26-9-14)32-12(3)21(22,23)24/h4-5,7,9-10,12H,6H2,1-3H3,(H,30,31). The molecule has 0 amide bonds. The Morgan fingerprint density at radius 3 is 2.64 bits per heavy atom. The summed E-state index contributed by atoms with van der Waals surface area (Å²) in [5, 5.41) is 22.1. The van der Waals surface area contributed by atoms with E-state index < -0.39 is 24.1 Å². The highest BCUT2D eigenvalue weighted by atomic mass is 19.4. The van der Waals surface area contributed by atoms with E-state index in [1.165, 1.54) is 12.3 Å². The molecule has 0 fully saturated rings. The van der Waals surface area contributed by atoms with Gasteiger partial charge in [-0.2, -0.15) is 23.4 Å². The summed E-state index contributed by atoms with van der Waals surface area (Å²) < 4.78 is 48.2. The molecule has 0 radical (unpaired) electrons. The van der Waals surface area contributed by atoms with Crippen molar-refractivity contribution in [1.82, 2.24) is 20.1 Å². The molecule has 0 saturated heterocycles. The van der Waals surface area contributed by atoms with Gasteiger partial charge in [-0.1, -0.05) is 12.1 Å². The number of nitrogens with zero attached hydrogens (tertiary/aromatic N) is 5. The number of aryl methyl sites for hydroxylation is 1. The largest absolute Gasteiger partial charge is 0.481 e. The Balaban J connectivity index is 1.86. The Morgan fingerprint density at radius 1 is 1.30 bits per heavy atom. The van der Waals surface area contributed by atoms with Crippen LogP contribution in [0.2, 0.25) is 0 Å². The molecule has 3 aromatic rings. The average Bonchev–Trinajstić information content (AvgIpc) is 3.22. The number of carboxylic acids is 1. The minimum atomic E-state index is -4.61. The van der Waals surface area contributed by atoms with E-state index >= 15 is 0 Å². The van der Waals surface area contributed by atoms with Crippen molar-refractivity contribution in [2.75, 3.05) is 0 Å². The van der Waals surface area contributed by atoms with Gasteiger partial charge in [0.1, 0.15) is 11.6 Å². The maximum absolute atomic E-state index is 12.7. The maximum atomic E-state index is 12.7. The first-order valence-electron chi connectivity index (χ1n) is 9.67. The summed E-state index contributed by atoms with van der Waals surface area (Å²) in [6, 6.07) is 6.35. The molecule has 0 aliphatic carbocycles. The first kappa shape index (κ1) is 23.6. The molecule has 9 nitrogen and oxygen atoms in total. The Hall–Kier alpha value is -4.01. The number of hydrogen-bond acceptors (Lipinski definition) is 8. The third-order valence-electron chi connectivity index (χ3n) is 4.73. The number of nitriles is 1. The van der Waals surface area contributed by atoms with E-state index in [2.05, 4.69) is 20.1 Å². The number of hydrogen-bond donors (Lipinski definition) is 1. The fourth-order valence-electron chi connectivity index (χ4n) is 2.89. The zero-order valence-corrected chi connectivity index (χ0v) is 17.7. The van der Waals surface area contributed by atoms with Crippen LogP contribution in [0.5, 0.6) is 5.88 Å². The van der Waals surface area contributed by atoms with E-state index in [1.807, 2.05) is 0 Å². The number of rotatable bonds is 7. The lowest BCUT2D eigenvalue weighted by atomic mass is 10.0. The number of carbonyl (C=O) groups is 1. The number of alkyl halides is 3. The molecule has 172 valence electrons. The molecule has 3 heterocycles. The second-order valence-corrected chi connectivity index (χ2v) is 7.28. The SMILES string of the molecule is Cc1nc(C(C)CC(=O)O)ccc1-c1noc(-c2cnc(OC(C)C(F)(F)F)c(C#N)c2)n1. The first-order valence-corrected chi connectivity index (χ1v) is 9.67. The van der Waals surface area contributed by atoms with Gasteiger partial charge in [0.25, 0.3) is 5.89 Å². The van der Waals surface area contributed by atoms with Crippen molar-refractivity contribution in [2.45, 2.75) is 45.4 Å².